The van der Waals surface area contributed by atoms with Gasteiger partial charge in [0.25, 0.3) is 15.9 Å². The lowest BCUT2D eigenvalue weighted by Gasteiger charge is -2.08. The predicted molar refractivity (Wildman–Crippen MR) is 95.8 cm³/mol. The Bertz CT molecular complexity index is 1010. The van der Waals surface area contributed by atoms with Crippen LogP contribution in [0.1, 0.15) is 16.1 Å². The molecule has 0 aliphatic rings. The molecule has 0 saturated heterocycles. The van der Waals surface area contributed by atoms with Crippen molar-refractivity contribution in [2.24, 2.45) is 0 Å². The van der Waals surface area contributed by atoms with Gasteiger partial charge < -0.3 is 9.84 Å². The summed E-state index contributed by atoms with van der Waals surface area (Å²) in [5.41, 5.74) is 1.20. The maximum Gasteiger partial charge on any atom is 0.271 e. The minimum atomic E-state index is -3.69. The summed E-state index contributed by atoms with van der Waals surface area (Å²) in [7, 11) is -3.69. The Balaban J connectivity index is 1.70. The van der Waals surface area contributed by atoms with Gasteiger partial charge in [0.05, 0.1) is 10.5 Å². The zero-order valence-corrected chi connectivity index (χ0v) is 15.2. The Labute approximate surface area is 152 Å². The molecule has 1 aromatic carbocycles. The molecular weight excluding hydrogens is 386 g/mol. The summed E-state index contributed by atoms with van der Waals surface area (Å²) in [6.45, 7) is 1.64. The van der Waals surface area contributed by atoms with Crippen molar-refractivity contribution in [3.8, 4) is 0 Å². The molecule has 25 heavy (non-hydrogen) atoms. The first-order valence-electron chi connectivity index (χ1n) is 6.96. The fourth-order valence-electron chi connectivity index (χ4n) is 1.98. The van der Waals surface area contributed by atoms with Gasteiger partial charge in [-0.2, -0.15) is 0 Å². The lowest BCUT2D eigenvalue weighted by atomic mass is 10.2. The number of anilines is 2. The fraction of sp³-hybridized carbons (Fsp3) is 0.0667. The lowest BCUT2D eigenvalue weighted by molar-refractivity contribution is 0.102. The van der Waals surface area contributed by atoms with Crippen molar-refractivity contribution in [3.63, 3.8) is 0 Å². The number of amides is 1. The third-order valence-electron chi connectivity index (χ3n) is 3.20. The third-order valence-corrected chi connectivity index (χ3v) is 6.31. The highest BCUT2D eigenvalue weighted by Crippen LogP contribution is 2.27. The van der Waals surface area contributed by atoms with E-state index in [1.54, 1.807) is 31.2 Å². The maximum absolute atomic E-state index is 12.2. The molecule has 2 N–H and O–H groups in total. The van der Waals surface area contributed by atoms with Crippen molar-refractivity contribution in [2.45, 2.75) is 11.1 Å². The van der Waals surface area contributed by atoms with Gasteiger partial charge in [-0.05, 0) is 43.3 Å². The van der Waals surface area contributed by atoms with Gasteiger partial charge in [0, 0.05) is 11.4 Å². The van der Waals surface area contributed by atoms with Crippen LogP contribution in [-0.2, 0) is 10.0 Å². The molecule has 10 heteroatoms. The first-order valence-corrected chi connectivity index (χ1v) is 9.64. The van der Waals surface area contributed by atoms with Crippen LogP contribution in [0, 0.1) is 6.92 Å². The van der Waals surface area contributed by atoms with Gasteiger partial charge in [0.15, 0.2) is 0 Å². The Kier molecular flexibility index (Phi) is 4.80. The van der Waals surface area contributed by atoms with E-state index in [9.17, 15) is 13.2 Å². The van der Waals surface area contributed by atoms with Gasteiger partial charge >= 0.3 is 0 Å². The summed E-state index contributed by atoms with van der Waals surface area (Å²) in [6, 6.07) is 9.21. The maximum atomic E-state index is 12.2. The molecule has 130 valence electrons. The topological polar surface area (TPSA) is 101 Å². The molecule has 0 saturated carbocycles. The van der Waals surface area contributed by atoms with Crippen LogP contribution in [-0.4, -0.2) is 19.5 Å². The van der Waals surface area contributed by atoms with Crippen molar-refractivity contribution in [3.05, 3.63) is 58.3 Å². The zero-order chi connectivity index (χ0) is 18.0. The lowest BCUT2D eigenvalue weighted by Crippen LogP contribution is -2.13. The van der Waals surface area contributed by atoms with E-state index in [2.05, 4.69) is 15.2 Å². The van der Waals surface area contributed by atoms with Crippen LogP contribution in [0.15, 0.2) is 51.3 Å². The summed E-state index contributed by atoms with van der Waals surface area (Å²) in [5, 5.41) is 6.23. The van der Waals surface area contributed by atoms with Gasteiger partial charge in [0.1, 0.15) is 15.5 Å². The number of sulfonamides is 1. The normalized spacial score (nSPS) is 11.3. The summed E-state index contributed by atoms with van der Waals surface area (Å²) in [6.07, 6.45) is 1.33. The third kappa shape index (κ3) is 4.01. The minimum absolute atomic E-state index is 0.123. The second-order valence-electron chi connectivity index (χ2n) is 4.99. The number of aryl methyl sites for hydroxylation is 1. The Morgan fingerprint density at radius 1 is 1.16 bits per heavy atom. The number of carbonyl (C=O) groups excluding carboxylic acids is 1. The average Bonchev–Trinajstić information content (AvgIpc) is 3.18. The van der Waals surface area contributed by atoms with Crippen LogP contribution in [0.4, 0.5) is 11.4 Å². The molecule has 0 aliphatic carbocycles. The van der Waals surface area contributed by atoms with E-state index < -0.39 is 10.0 Å². The smallest absolute Gasteiger partial charge is 0.271 e. The van der Waals surface area contributed by atoms with Crippen molar-refractivity contribution < 1.29 is 17.7 Å². The van der Waals surface area contributed by atoms with E-state index in [-0.39, 0.29) is 10.1 Å². The van der Waals surface area contributed by atoms with E-state index in [1.165, 1.54) is 18.3 Å². The van der Waals surface area contributed by atoms with Gasteiger partial charge in [-0.3, -0.25) is 9.52 Å². The van der Waals surface area contributed by atoms with Gasteiger partial charge in [-0.15, -0.1) is 11.3 Å². The first kappa shape index (κ1) is 17.5. The van der Waals surface area contributed by atoms with Crippen molar-refractivity contribution in [2.75, 3.05) is 10.0 Å². The van der Waals surface area contributed by atoms with E-state index in [0.717, 1.165) is 11.3 Å². The van der Waals surface area contributed by atoms with Crippen molar-refractivity contribution in [1.82, 2.24) is 5.16 Å². The highest BCUT2D eigenvalue weighted by molar-refractivity contribution is 7.94. The first-order chi connectivity index (χ1) is 11.8. The largest absolute Gasteiger partial charge is 0.361 e. The van der Waals surface area contributed by atoms with E-state index >= 15 is 0 Å². The van der Waals surface area contributed by atoms with Crippen LogP contribution < -0.4 is 10.0 Å². The highest BCUT2D eigenvalue weighted by atomic mass is 35.5. The standard InChI is InChI=1S/C15H12ClN3O4S2/c1-9-12(8-17-23-9)15(20)18-10-2-4-11(5-3-10)19-25(21,22)14-7-6-13(16)24-14/h2-8,19H,1H3,(H,18,20). The van der Waals surface area contributed by atoms with Crippen LogP contribution in [0.3, 0.4) is 0 Å². The highest BCUT2D eigenvalue weighted by Gasteiger charge is 2.17. The number of hydrogen-bond donors (Lipinski definition) is 2. The summed E-state index contributed by atoms with van der Waals surface area (Å²) in [4.78, 5) is 12.1. The number of nitrogens with one attached hydrogen (secondary N) is 2. The predicted octanol–water partition coefficient (Wildman–Crippen LogP) is 3.75. The number of aromatic nitrogens is 1. The van der Waals surface area contributed by atoms with Crippen LogP contribution >= 0.6 is 22.9 Å². The van der Waals surface area contributed by atoms with E-state index in [0.29, 0.717) is 27.0 Å². The van der Waals surface area contributed by atoms with Crippen molar-refractivity contribution in [1.29, 1.82) is 0 Å². The van der Waals surface area contributed by atoms with Crippen molar-refractivity contribution >= 4 is 50.2 Å². The monoisotopic (exact) mass is 397 g/mol. The molecule has 0 atom stereocenters. The summed E-state index contributed by atoms with van der Waals surface area (Å²) < 4.78 is 32.3. The van der Waals surface area contributed by atoms with E-state index in [1.807, 2.05) is 0 Å². The van der Waals surface area contributed by atoms with Gasteiger partial charge in [0.2, 0.25) is 0 Å². The second-order valence-corrected chi connectivity index (χ2v) is 8.62. The number of carbonyl (C=O) groups is 1. The minimum Gasteiger partial charge on any atom is -0.361 e. The second kappa shape index (κ2) is 6.87. The number of nitrogens with zero attached hydrogens (tertiary/aromatic N) is 1. The molecule has 3 rings (SSSR count). The fourth-order valence-corrected chi connectivity index (χ4v) is 4.53. The Hall–Kier alpha value is -2.36. The molecule has 0 spiro atoms. The number of benzene rings is 1. The zero-order valence-electron chi connectivity index (χ0n) is 12.8. The molecule has 0 radical (unpaired) electrons. The Morgan fingerprint density at radius 3 is 2.40 bits per heavy atom. The molecular formula is C15H12ClN3O4S2. The number of halogens is 1. The van der Waals surface area contributed by atoms with Crippen LogP contribution in [0.5, 0.6) is 0 Å². The van der Waals surface area contributed by atoms with Crippen LogP contribution in [0.25, 0.3) is 0 Å². The average molecular weight is 398 g/mol. The Morgan fingerprint density at radius 2 is 1.84 bits per heavy atom. The molecule has 0 aliphatic heterocycles. The SMILES string of the molecule is Cc1oncc1C(=O)Nc1ccc(NS(=O)(=O)c2ccc(Cl)s2)cc1. The molecule has 0 fully saturated rings. The number of thiophene rings is 1. The quantitative estimate of drug-likeness (QED) is 0.682. The summed E-state index contributed by atoms with van der Waals surface area (Å²) >= 11 is 6.74. The molecule has 7 nitrogen and oxygen atoms in total. The molecule has 2 aromatic heterocycles. The van der Waals surface area contributed by atoms with E-state index in [4.69, 9.17) is 16.1 Å². The van der Waals surface area contributed by atoms with Gasteiger partial charge in [-0.1, -0.05) is 16.8 Å². The summed E-state index contributed by atoms with van der Waals surface area (Å²) in [5.74, 6) is 0.0526. The molecule has 0 bridgehead atoms. The van der Waals surface area contributed by atoms with Gasteiger partial charge in [-0.25, -0.2) is 8.42 Å². The number of rotatable bonds is 5. The molecule has 1 amide bonds. The molecule has 0 unspecified atom stereocenters. The van der Waals surface area contributed by atoms with Crippen LogP contribution in [0.2, 0.25) is 4.34 Å². The molecule has 3 aromatic rings. The molecule has 2 heterocycles. The number of hydrogen-bond acceptors (Lipinski definition) is 6.